The summed E-state index contributed by atoms with van der Waals surface area (Å²) in [6.07, 6.45) is 0. The van der Waals surface area contributed by atoms with Gasteiger partial charge >= 0.3 is 5.97 Å². The highest BCUT2D eigenvalue weighted by atomic mass is 16.4. The van der Waals surface area contributed by atoms with Gasteiger partial charge in [-0.1, -0.05) is 27.7 Å². The molecule has 0 saturated carbocycles. The predicted molar refractivity (Wildman–Crippen MR) is 114 cm³/mol. The van der Waals surface area contributed by atoms with Crippen molar-refractivity contribution in [1.82, 2.24) is 26.6 Å². The maximum Gasteiger partial charge on any atom is 0.322 e. The van der Waals surface area contributed by atoms with Crippen molar-refractivity contribution in [2.45, 2.75) is 52.7 Å². The lowest BCUT2D eigenvalue weighted by Crippen LogP contribution is -2.59. The summed E-state index contributed by atoms with van der Waals surface area (Å²) >= 11 is 0. The molecule has 0 spiro atoms. The van der Waals surface area contributed by atoms with Crippen LogP contribution in [0.2, 0.25) is 0 Å². The Morgan fingerprint density at radius 2 is 1.19 bits per heavy atom. The number of nitrogens with one attached hydrogen (secondary N) is 5. The number of carboxylic acids is 1. The van der Waals surface area contributed by atoms with Gasteiger partial charge in [-0.15, -0.1) is 0 Å². The van der Waals surface area contributed by atoms with Crippen molar-refractivity contribution < 1.29 is 33.9 Å². The van der Waals surface area contributed by atoms with Crippen LogP contribution in [-0.4, -0.2) is 78.4 Å². The molecule has 0 aromatic heterocycles. The number of carboxylic acid groups (broad SMARTS) is 1. The Kier molecular flexibility index (Phi) is 12.6. The number of hydrogen-bond acceptors (Lipinski definition) is 7. The van der Waals surface area contributed by atoms with E-state index in [-0.39, 0.29) is 18.4 Å². The van der Waals surface area contributed by atoms with E-state index in [0.717, 1.165) is 0 Å². The Morgan fingerprint density at radius 3 is 1.66 bits per heavy atom. The van der Waals surface area contributed by atoms with Gasteiger partial charge in [0.1, 0.15) is 24.7 Å². The van der Waals surface area contributed by atoms with Gasteiger partial charge in [0, 0.05) is 0 Å². The lowest BCUT2D eigenvalue weighted by molar-refractivity contribution is -0.138. The first-order chi connectivity index (χ1) is 14.8. The third-order valence-electron chi connectivity index (χ3n) is 4.31. The molecule has 0 heterocycles. The van der Waals surface area contributed by atoms with Gasteiger partial charge in [0.05, 0.1) is 13.1 Å². The Bertz CT molecular complexity index is 710. The summed E-state index contributed by atoms with van der Waals surface area (Å²) in [7, 11) is 0. The highest BCUT2D eigenvalue weighted by molar-refractivity contribution is 5.95. The van der Waals surface area contributed by atoms with E-state index >= 15 is 0 Å². The first kappa shape index (κ1) is 28.8. The van der Waals surface area contributed by atoms with Crippen molar-refractivity contribution in [1.29, 1.82) is 0 Å². The van der Waals surface area contributed by atoms with Gasteiger partial charge in [-0.05, 0) is 18.8 Å². The average Bonchev–Trinajstić information content (AvgIpc) is 2.71. The fourth-order valence-corrected chi connectivity index (χ4v) is 2.47. The molecule has 0 aliphatic carbocycles. The highest BCUT2D eigenvalue weighted by Crippen LogP contribution is 2.07. The summed E-state index contributed by atoms with van der Waals surface area (Å²) in [5.41, 5.74) is 5.21. The van der Waals surface area contributed by atoms with E-state index in [0.29, 0.717) is 0 Å². The van der Waals surface area contributed by atoms with Crippen LogP contribution in [0.5, 0.6) is 0 Å². The Morgan fingerprint density at radius 1 is 0.688 bits per heavy atom. The van der Waals surface area contributed by atoms with Gasteiger partial charge in [-0.25, -0.2) is 0 Å². The SMILES string of the molecule is CC(C)[C@H](NC(=O)[C@H](C)NC(=O)CN)C(=O)N[C@H](C(=O)NCC(=O)NCC(=O)O)C(C)C. The zero-order valence-corrected chi connectivity index (χ0v) is 19.0. The van der Waals surface area contributed by atoms with Crippen LogP contribution >= 0.6 is 0 Å². The third kappa shape index (κ3) is 10.7. The van der Waals surface area contributed by atoms with Crippen molar-refractivity contribution >= 4 is 35.5 Å². The number of amides is 5. The second kappa shape index (κ2) is 14.0. The molecular formula is C19H34N6O7. The lowest BCUT2D eigenvalue weighted by atomic mass is 9.99. The molecule has 0 fully saturated rings. The van der Waals surface area contributed by atoms with Crippen LogP contribution in [0, 0.1) is 11.8 Å². The van der Waals surface area contributed by atoms with E-state index in [2.05, 4.69) is 26.6 Å². The van der Waals surface area contributed by atoms with E-state index in [1.54, 1.807) is 27.7 Å². The second-order valence-electron chi connectivity index (χ2n) is 7.84. The van der Waals surface area contributed by atoms with Gasteiger partial charge in [-0.3, -0.25) is 28.8 Å². The van der Waals surface area contributed by atoms with Crippen LogP contribution < -0.4 is 32.3 Å². The van der Waals surface area contributed by atoms with Crippen LogP contribution in [0.3, 0.4) is 0 Å². The van der Waals surface area contributed by atoms with Crippen molar-refractivity contribution in [3.05, 3.63) is 0 Å². The van der Waals surface area contributed by atoms with Crippen LogP contribution in [0.25, 0.3) is 0 Å². The number of carbonyl (C=O) groups excluding carboxylic acids is 5. The fourth-order valence-electron chi connectivity index (χ4n) is 2.47. The van der Waals surface area contributed by atoms with E-state index in [1.165, 1.54) is 6.92 Å². The molecule has 0 unspecified atom stereocenters. The largest absolute Gasteiger partial charge is 0.480 e. The summed E-state index contributed by atoms with van der Waals surface area (Å²) in [6.45, 7) is 6.87. The lowest BCUT2D eigenvalue weighted by Gasteiger charge is -2.27. The van der Waals surface area contributed by atoms with Gasteiger partial charge in [-0.2, -0.15) is 0 Å². The molecule has 0 aliphatic rings. The molecule has 0 saturated heterocycles. The van der Waals surface area contributed by atoms with Gasteiger partial charge in [0.2, 0.25) is 29.5 Å². The molecule has 32 heavy (non-hydrogen) atoms. The monoisotopic (exact) mass is 458 g/mol. The molecule has 13 nitrogen and oxygen atoms in total. The molecule has 0 radical (unpaired) electrons. The van der Waals surface area contributed by atoms with E-state index < -0.39 is 66.7 Å². The molecule has 8 N–H and O–H groups in total. The standard InChI is InChI=1S/C19H34N6O7/c1-9(2)15(18(31)22-7-13(27)21-8-14(28)29)25-19(32)16(10(3)4)24-17(30)11(5)23-12(26)6-20/h9-11,15-16H,6-8,20H2,1-5H3,(H,21,27)(H,22,31)(H,23,26)(H,24,30)(H,25,32)(H,28,29)/t11-,15-,16-/m0/s1. The number of carbonyl (C=O) groups is 6. The first-order valence-electron chi connectivity index (χ1n) is 10.2. The average molecular weight is 459 g/mol. The van der Waals surface area contributed by atoms with Crippen LogP contribution in [0.15, 0.2) is 0 Å². The topological polar surface area (TPSA) is 209 Å². The molecule has 0 aromatic carbocycles. The Hall–Kier alpha value is -3.22. The minimum atomic E-state index is -1.23. The van der Waals surface area contributed by atoms with Crippen molar-refractivity contribution in [3.8, 4) is 0 Å². The summed E-state index contributed by atoms with van der Waals surface area (Å²) in [5, 5.41) is 20.5. The fraction of sp³-hybridized carbons (Fsp3) is 0.684. The van der Waals surface area contributed by atoms with E-state index in [1.807, 2.05) is 0 Å². The molecular weight excluding hydrogens is 424 g/mol. The second-order valence-corrected chi connectivity index (χ2v) is 7.84. The van der Waals surface area contributed by atoms with Crippen molar-refractivity contribution in [2.75, 3.05) is 19.6 Å². The predicted octanol–water partition coefficient (Wildman–Crippen LogP) is -2.95. The van der Waals surface area contributed by atoms with E-state index in [9.17, 15) is 28.8 Å². The number of aliphatic carboxylic acids is 1. The van der Waals surface area contributed by atoms with E-state index in [4.69, 9.17) is 10.8 Å². The molecule has 0 rings (SSSR count). The molecule has 5 amide bonds. The van der Waals surface area contributed by atoms with Crippen molar-refractivity contribution in [2.24, 2.45) is 17.6 Å². The minimum Gasteiger partial charge on any atom is -0.480 e. The molecule has 0 aromatic rings. The van der Waals surface area contributed by atoms with Crippen molar-refractivity contribution in [3.63, 3.8) is 0 Å². The summed E-state index contributed by atoms with van der Waals surface area (Å²) in [4.78, 5) is 71.0. The van der Waals surface area contributed by atoms with Gasteiger partial charge in [0.15, 0.2) is 0 Å². The van der Waals surface area contributed by atoms with Crippen LogP contribution in [0.4, 0.5) is 0 Å². The maximum absolute atomic E-state index is 12.8. The zero-order chi connectivity index (χ0) is 25.0. The number of nitrogens with two attached hydrogens (primary N) is 1. The number of hydrogen-bond donors (Lipinski definition) is 7. The normalized spacial score (nSPS) is 13.5. The first-order valence-corrected chi connectivity index (χ1v) is 10.2. The Balaban J connectivity index is 5.07. The van der Waals surface area contributed by atoms with Gasteiger partial charge < -0.3 is 37.4 Å². The Labute approximate surface area is 186 Å². The van der Waals surface area contributed by atoms with Gasteiger partial charge in [0.25, 0.3) is 0 Å². The summed E-state index contributed by atoms with van der Waals surface area (Å²) < 4.78 is 0. The number of rotatable bonds is 13. The third-order valence-corrected chi connectivity index (χ3v) is 4.31. The zero-order valence-electron chi connectivity index (χ0n) is 19.0. The molecule has 3 atom stereocenters. The summed E-state index contributed by atoms with van der Waals surface area (Å²) in [6, 6.07) is -2.93. The maximum atomic E-state index is 12.8. The van der Waals surface area contributed by atoms with Crippen LogP contribution in [0.1, 0.15) is 34.6 Å². The van der Waals surface area contributed by atoms with Crippen LogP contribution in [-0.2, 0) is 28.8 Å². The summed E-state index contributed by atoms with van der Waals surface area (Å²) in [5.74, 6) is -5.00. The molecule has 0 bridgehead atoms. The highest BCUT2D eigenvalue weighted by Gasteiger charge is 2.31. The quantitative estimate of drug-likeness (QED) is 0.151. The molecule has 13 heteroatoms. The smallest absolute Gasteiger partial charge is 0.322 e. The molecule has 182 valence electrons. The molecule has 0 aliphatic heterocycles. The minimum absolute atomic E-state index is 0.286.